The Morgan fingerprint density at radius 1 is 0.816 bits per heavy atom. The molecule has 1 unspecified atom stereocenters. The average molecular weight is 1450 g/mol. The molecule has 12 atom stereocenters. The van der Waals surface area contributed by atoms with Gasteiger partial charge in [-0.2, -0.15) is 0 Å². The van der Waals surface area contributed by atoms with Gasteiger partial charge < -0.3 is 66.2 Å². The van der Waals surface area contributed by atoms with Gasteiger partial charge in [0.1, 0.15) is 80.3 Å². The topological polar surface area (TPSA) is 486 Å². The van der Waals surface area contributed by atoms with Gasteiger partial charge in [-0.25, -0.2) is 58.2 Å². The van der Waals surface area contributed by atoms with Gasteiger partial charge in [-0.3, -0.25) is 56.5 Å². The van der Waals surface area contributed by atoms with Crippen molar-refractivity contribution in [1.29, 1.82) is 0 Å². The van der Waals surface area contributed by atoms with Gasteiger partial charge in [-0.1, -0.05) is 56.6 Å². The number of aromatic nitrogens is 8. The highest BCUT2D eigenvalue weighted by molar-refractivity contribution is 8.44. The number of likely N-dealkylation sites (N-methyl/N-ethyl adjacent to an activating group) is 1. The number of hydroxylamine groups is 2. The standard InChI is InChI=1S/C56H73N17O21P2S2/c1-6-33-46-45(90-53(33)72-28-64-43-47(57)60-25-62-49(43)72)30(4)92-96(84,98)93-35-22-40(89-36(35)24-88-95(83,97)94-46)71-27-65-44-48(61-26-63-50(44)71)69-55(81)86-21-18-70(5)56(82)87-23-31-9-11-32(12-10-31)66-51(78)34(8-7-17-59-54(58)80)67-52(79)42(29(2)3)68-37(74)15-19-85-20-16-41(77)91-73-38(75)13-14-39(73)76/h6,9-12,25-30,33-36,40,42,45-46,53H,1,7-8,13-24H2,2-5H3,(H,66,78)(H,67,79)(H,68,74)(H,83,97)(H,84,98)(H2,57,60,62)(H3,58,59,80)(H,61,63,69,81)/t30-,33-,34+,35+,36?,40-,42+,45-,46+,53-,95-,96-/m1/s1. The summed E-state index contributed by atoms with van der Waals surface area (Å²) in [4.78, 5) is 145. The Hall–Kier alpha value is -8.43. The largest absolute Gasteiger partial charge is 0.447 e. The molecule has 8 heterocycles. The summed E-state index contributed by atoms with van der Waals surface area (Å²) in [6.07, 6.45) is -2.66. The van der Waals surface area contributed by atoms with Gasteiger partial charge in [-0.15, -0.1) is 11.6 Å². The number of primary amides is 1. The highest BCUT2D eigenvalue weighted by Crippen LogP contribution is 2.62. The molecule has 0 bridgehead atoms. The van der Waals surface area contributed by atoms with Gasteiger partial charge in [0.2, 0.25) is 17.7 Å². The van der Waals surface area contributed by atoms with Crippen LogP contribution in [0.3, 0.4) is 0 Å². The lowest BCUT2D eigenvalue weighted by molar-refractivity contribution is -0.198. The minimum atomic E-state index is -4.28. The van der Waals surface area contributed by atoms with Crippen molar-refractivity contribution in [3.63, 3.8) is 0 Å². The van der Waals surface area contributed by atoms with Crippen molar-refractivity contribution in [2.45, 2.75) is 127 Å². The molecule has 98 heavy (non-hydrogen) atoms. The molecule has 4 aliphatic heterocycles. The zero-order valence-electron chi connectivity index (χ0n) is 53.1. The number of amides is 9. The number of thiol groups is 2. The highest BCUT2D eigenvalue weighted by Gasteiger charge is 2.53. The summed E-state index contributed by atoms with van der Waals surface area (Å²) >= 11 is 8.64. The Morgan fingerprint density at radius 3 is 2.22 bits per heavy atom. The first kappa shape index (κ1) is 73.8. The smallest absolute Gasteiger partial charge is 0.412 e. The number of rotatable bonds is 26. The first-order chi connectivity index (χ1) is 46.7. The number of carbonyl (C=O) groups excluding carboxylic acids is 9. The third-order valence-corrected chi connectivity index (χ3v) is 18.9. The summed E-state index contributed by atoms with van der Waals surface area (Å²) in [6.45, 7) is -0.974. The average Bonchev–Trinajstić information content (AvgIpc) is 1.61. The number of hydrogen-bond acceptors (Lipinski definition) is 28. The lowest BCUT2D eigenvalue weighted by Crippen LogP contribution is -2.54. The van der Waals surface area contributed by atoms with E-state index < -0.39 is 141 Å². The van der Waals surface area contributed by atoms with Gasteiger partial charge >= 0.3 is 37.8 Å². The maximum absolute atomic E-state index is 14.1. The van der Waals surface area contributed by atoms with Crippen molar-refractivity contribution >= 4 is 131 Å². The van der Waals surface area contributed by atoms with E-state index in [1.807, 2.05) is 0 Å². The predicted molar refractivity (Wildman–Crippen MR) is 346 cm³/mol. The molecule has 0 saturated carbocycles. The van der Waals surface area contributed by atoms with E-state index in [0.29, 0.717) is 27.5 Å². The molecular weight excluding hydrogens is 1370 g/mol. The van der Waals surface area contributed by atoms with Crippen LogP contribution in [0.2, 0.25) is 0 Å². The van der Waals surface area contributed by atoms with Crippen LogP contribution in [-0.4, -0.2) is 192 Å². The maximum atomic E-state index is 14.1. The normalized spacial score (nSPS) is 24.7. The van der Waals surface area contributed by atoms with Crippen molar-refractivity contribution in [1.82, 2.24) is 65.0 Å². The molecule has 0 aliphatic carbocycles. The van der Waals surface area contributed by atoms with Gasteiger partial charge in [0.25, 0.3) is 11.8 Å². The zero-order chi connectivity index (χ0) is 70.6. The fourth-order valence-corrected chi connectivity index (χ4v) is 14.1. The van der Waals surface area contributed by atoms with Crippen LogP contribution < -0.4 is 38.1 Å². The molecule has 0 spiro atoms. The van der Waals surface area contributed by atoms with Crippen molar-refractivity contribution in [2.24, 2.45) is 17.6 Å². The monoisotopic (exact) mass is 1450 g/mol. The fraction of sp³-hybridized carbons (Fsp3) is 0.518. The third-order valence-electron chi connectivity index (χ3n) is 15.6. The lowest BCUT2D eigenvalue weighted by atomic mass is 9.97. The van der Waals surface area contributed by atoms with Crippen molar-refractivity contribution in [2.75, 3.05) is 62.9 Å². The minimum absolute atomic E-state index is 0.0239. The molecule has 5 aromatic rings. The van der Waals surface area contributed by atoms with Crippen LogP contribution in [0.25, 0.3) is 22.3 Å². The minimum Gasteiger partial charge on any atom is -0.447 e. The van der Waals surface area contributed by atoms with E-state index in [-0.39, 0.29) is 107 Å². The van der Waals surface area contributed by atoms with Gasteiger partial charge in [0.15, 0.2) is 28.4 Å². The number of nitrogens with zero attached hydrogens (tertiary/aromatic N) is 10. The van der Waals surface area contributed by atoms with Crippen LogP contribution in [0.5, 0.6) is 0 Å². The van der Waals surface area contributed by atoms with E-state index in [9.17, 15) is 52.3 Å². The Bertz CT molecular complexity index is 3880. The number of benzene rings is 1. The van der Waals surface area contributed by atoms with Crippen molar-refractivity contribution < 1.29 is 98.9 Å². The zero-order valence-corrected chi connectivity index (χ0v) is 56.7. The molecule has 530 valence electrons. The number of imidazole rings is 2. The van der Waals surface area contributed by atoms with E-state index in [4.69, 9.17) is 58.1 Å². The third kappa shape index (κ3) is 19.1. The van der Waals surface area contributed by atoms with E-state index in [1.54, 1.807) is 37.5 Å². The summed E-state index contributed by atoms with van der Waals surface area (Å²) in [5.74, 6) is -5.15. The number of anilines is 3. The molecule has 4 saturated heterocycles. The first-order valence-corrected chi connectivity index (χ1v) is 35.9. The van der Waals surface area contributed by atoms with E-state index in [2.05, 4.69) is 87.6 Å². The van der Waals surface area contributed by atoms with E-state index in [0.717, 1.165) is 6.33 Å². The number of hydrogen-bond donors (Lipinski definition) is 9. The Labute approximate surface area is 568 Å². The van der Waals surface area contributed by atoms with Crippen molar-refractivity contribution in [3.8, 4) is 0 Å². The molecule has 4 aliphatic rings. The summed E-state index contributed by atoms with van der Waals surface area (Å²) in [7, 11) is 1.42. The molecule has 4 fully saturated rings. The number of nitrogens with two attached hydrogens (primary N) is 2. The summed E-state index contributed by atoms with van der Waals surface area (Å²) in [6, 6.07) is 3.20. The SMILES string of the molecule is C=C[C@@H]1[C@@H]2O[P@](=O)(S)OCC3O[C@@H](n4cnc5c(NC(=O)OCCN(C)C(=O)OCc6ccc(NC(=O)[C@H](CCCNC(N)=O)NC(=O)[C@@H](NC(=O)CCOCCC(=O)ON7C(=O)CCC7=O)C(C)C)cc6)ncnc54)C[C@@H]3O[P@](=O)(S)O[C@H](C)[C@H]2O[C@H]1n1cnc2c(N)ncnc21. The van der Waals surface area contributed by atoms with Crippen LogP contribution in [0.1, 0.15) is 83.7 Å². The molecule has 1 aromatic carbocycles. The van der Waals surface area contributed by atoms with E-state index >= 15 is 0 Å². The molecule has 9 rings (SSSR count). The highest BCUT2D eigenvalue weighted by atomic mass is 32.7. The van der Waals surface area contributed by atoms with Crippen LogP contribution in [0.4, 0.5) is 31.7 Å². The maximum Gasteiger partial charge on any atom is 0.412 e. The number of nitrogens with one attached hydrogen (secondary N) is 5. The summed E-state index contributed by atoms with van der Waals surface area (Å²) in [5.41, 5.74) is 13.0. The molecule has 4 aromatic heterocycles. The molecule has 0 radical (unpaired) electrons. The van der Waals surface area contributed by atoms with Crippen LogP contribution in [-0.2, 0) is 91.1 Å². The molecule has 38 nitrogen and oxygen atoms in total. The molecular formula is C56H73N17O21P2S2. The fourth-order valence-electron chi connectivity index (χ4n) is 10.6. The number of ether oxygens (including phenoxy) is 5. The number of nitrogen functional groups attached to an aromatic ring is 1. The van der Waals surface area contributed by atoms with Crippen LogP contribution >= 0.6 is 38.1 Å². The Balaban J connectivity index is 0.718. The molecule has 42 heteroatoms. The second kappa shape index (κ2) is 33.0. The quantitative estimate of drug-likeness (QED) is 0.0125. The number of imide groups is 1. The van der Waals surface area contributed by atoms with Gasteiger partial charge in [-0.05, 0) is 43.4 Å². The molecule has 9 N–H and O–H groups in total. The summed E-state index contributed by atoms with van der Waals surface area (Å²) in [5, 5.41) is 13.4. The van der Waals surface area contributed by atoms with Crippen LogP contribution in [0, 0.1) is 11.8 Å². The molecule has 9 amide bonds. The second-order valence-electron chi connectivity index (χ2n) is 22.9. The van der Waals surface area contributed by atoms with Gasteiger partial charge in [0.05, 0.1) is 57.5 Å². The number of urea groups is 1. The van der Waals surface area contributed by atoms with Gasteiger partial charge in [0, 0.05) is 45.0 Å². The van der Waals surface area contributed by atoms with Crippen molar-refractivity contribution in [3.05, 3.63) is 67.8 Å². The van der Waals surface area contributed by atoms with E-state index in [1.165, 1.54) is 53.7 Å². The lowest BCUT2D eigenvalue weighted by Gasteiger charge is -2.31. The number of carbonyl (C=O) groups is 9. The number of fused-ring (bicyclic) bond motifs is 4. The Morgan fingerprint density at radius 2 is 1.51 bits per heavy atom. The second-order valence-corrected chi connectivity index (χ2v) is 28.6. The summed E-state index contributed by atoms with van der Waals surface area (Å²) < 4.78 is 84.1. The first-order valence-electron chi connectivity index (χ1n) is 30.6. The van der Waals surface area contributed by atoms with Crippen LogP contribution in [0.15, 0.2) is 62.2 Å². The Kier molecular flexibility index (Phi) is 24.8. The predicted octanol–water partition coefficient (Wildman–Crippen LogP) is 3.75.